The highest BCUT2D eigenvalue weighted by molar-refractivity contribution is 7.85. The van der Waals surface area contributed by atoms with Gasteiger partial charge in [-0.25, -0.2) is 0 Å². The summed E-state index contributed by atoms with van der Waals surface area (Å²) in [4.78, 5) is 30.1. The van der Waals surface area contributed by atoms with Crippen LogP contribution in [0.2, 0.25) is 10.0 Å². The zero-order valence-corrected chi connectivity index (χ0v) is 23.0. The molecule has 0 N–H and O–H groups in total. The Kier molecular flexibility index (Phi) is 8.96. The normalized spacial score (nSPS) is 21.8. The lowest BCUT2D eigenvalue weighted by atomic mass is 9.98. The standard InChI is InChI=1S/C27H32Cl2N2O4S/c1-18-19(2)31(14-13-30(18)22-8-6-7-21(28)16-22)27(33)20-11-12-25(24(29)15-20)36(34)17-26(32)35-23-9-4-3-5-10-23/h6-8,11-12,15-16,18-19,23H,3-5,9-10,13-14,17H2,1-2H3/t18-,19-,36?/m1/s1. The molecule has 36 heavy (non-hydrogen) atoms. The molecule has 1 aliphatic carbocycles. The van der Waals surface area contributed by atoms with Crippen molar-refractivity contribution in [3.05, 3.63) is 58.1 Å². The third-order valence-corrected chi connectivity index (χ3v) is 9.19. The first-order chi connectivity index (χ1) is 17.2. The van der Waals surface area contributed by atoms with E-state index in [0.29, 0.717) is 28.6 Å². The highest BCUT2D eigenvalue weighted by Crippen LogP contribution is 2.29. The topological polar surface area (TPSA) is 66.9 Å². The second kappa shape index (κ2) is 12.0. The van der Waals surface area contributed by atoms with Crippen molar-refractivity contribution in [3.63, 3.8) is 0 Å². The molecule has 1 aliphatic heterocycles. The summed E-state index contributed by atoms with van der Waals surface area (Å²) in [6.45, 7) is 5.35. The zero-order valence-electron chi connectivity index (χ0n) is 20.6. The fourth-order valence-corrected chi connectivity index (χ4v) is 6.58. The van der Waals surface area contributed by atoms with Crippen LogP contribution in [0, 0.1) is 0 Å². The number of ether oxygens (including phenoxy) is 1. The van der Waals surface area contributed by atoms with Crippen LogP contribution in [0.3, 0.4) is 0 Å². The van der Waals surface area contributed by atoms with Gasteiger partial charge in [0.05, 0.1) is 20.7 Å². The SMILES string of the molecule is C[C@@H]1[C@@H](C)N(c2cccc(Cl)c2)CCN1C(=O)c1ccc(S(=O)CC(=O)OC2CCCCC2)c(Cl)c1. The van der Waals surface area contributed by atoms with Crippen LogP contribution in [0.1, 0.15) is 56.3 Å². The van der Waals surface area contributed by atoms with Crippen molar-refractivity contribution < 1.29 is 18.5 Å². The molecule has 1 saturated heterocycles. The summed E-state index contributed by atoms with van der Waals surface area (Å²) in [6, 6.07) is 12.5. The molecule has 1 heterocycles. The lowest BCUT2D eigenvalue weighted by molar-refractivity contribution is -0.147. The average Bonchev–Trinajstić information content (AvgIpc) is 2.85. The lowest BCUT2D eigenvalue weighted by Gasteiger charge is -2.46. The van der Waals surface area contributed by atoms with Gasteiger partial charge in [-0.15, -0.1) is 0 Å². The second-order valence-corrected chi connectivity index (χ2v) is 11.8. The van der Waals surface area contributed by atoms with Crippen molar-refractivity contribution in [2.24, 2.45) is 0 Å². The highest BCUT2D eigenvalue weighted by Gasteiger charge is 2.34. The van der Waals surface area contributed by atoms with Gasteiger partial charge in [0.15, 0.2) is 0 Å². The van der Waals surface area contributed by atoms with Crippen molar-refractivity contribution in [1.29, 1.82) is 0 Å². The maximum atomic E-state index is 13.4. The molecule has 0 radical (unpaired) electrons. The zero-order chi connectivity index (χ0) is 25.8. The summed E-state index contributed by atoms with van der Waals surface area (Å²) in [7, 11) is -1.65. The van der Waals surface area contributed by atoms with E-state index in [1.54, 1.807) is 18.2 Å². The van der Waals surface area contributed by atoms with E-state index in [4.69, 9.17) is 27.9 Å². The number of carbonyl (C=O) groups excluding carboxylic acids is 2. The van der Waals surface area contributed by atoms with Crippen molar-refractivity contribution in [2.75, 3.05) is 23.7 Å². The highest BCUT2D eigenvalue weighted by atomic mass is 35.5. The second-order valence-electron chi connectivity index (χ2n) is 9.54. The minimum Gasteiger partial charge on any atom is -0.462 e. The first kappa shape index (κ1) is 27.0. The van der Waals surface area contributed by atoms with Crippen molar-refractivity contribution >= 4 is 51.6 Å². The molecule has 0 aromatic heterocycles. The molecule has 0 spiro atoms. The van der Waals surface area contributed by atoms with Crippen LogP contribution in [0.4, 0.5) is 5.69 Å². The van der Waals surface area contributed by atoms with Crippen LogP contribution in [-0.4, -0.2) is 58.0 Å². The summed E-state index contributed by atoms with van der Waals surface area (Å²) in [5, 5.41) is 0.892. The van der Waals surface area contributed by atoms with E-state index >= 15 is 0 Å². The Labute approximate surface area is 225 Å². The number of esters is 1. The molecule has 2 fully saturated rings. The van der Waals surface area contributed by atoms with Crippen molar-refractivity contribution in [1.82, 2.24) is 4.90 Å². The molecule has 1 saturated carbocycles. The van der Waals surface area contributed by atoms with Crippen LogP contribution >= 0.6 is 23.2 Å². The van der Waals surface area contributed by atoms with Gasteiger partial charge in [0.1, 0.15) is 11.9 Å². The maximum absolute atomic E-state index is 13.4. The molecule has 194 valence electrons. The van der Waals surface area contributed by atoms with Gasteiger partial charge < -0.3 is 14.5 Å². The number of benzene rings is 2. The van der Waals surface area contributed by atoms with Crippen LogP contribution < -0.4 is 4.90 Å². The van der Waals surface area contributed by atoms with E-state index in [9.17, 15) is 13.8 Å². The van der Waals surface area contributed by atoms with Gasteiger partial charge in [0.2, 0.25) is 0 Å². The molecular weight excluding hydrogens is 519 g/mol. The van der Waals surface area contributed by atoms with E-state index in [1.807, 2.05) is 36.1 Å². The number of carbonyl (C=O) groups is 2. The first-order valence-corrected chi connectivity index (χ1v) is 14.5. The predicted molar refractivity (Wildman–Crippen MR) is 144 cm³/mol. The monoisotopic (exact) mass is 550 g/mol. The molecule has 6 nitrogen and oxygen atoms in total. The Morgan fingerprint density at radius 1 is 1.00 bits per heavy atom. The number of anilines is 1. The smallest absolute Gasteiger partial charge is 0.319 e. The van der Waals surface area contributed by atoms with E-state index in [1.165, 1.54) is 0 Å². The molecule has 2 aromatic rings. The Morgan fingerprint density at radius 2 is 1.75 bits per heavy atom. The fourth-order valence-electron chi connectivity index (χ4n) is 5.02. The number of hydrogen-bond donors (Lipinski definition) is 0. The Balaban J connectivity index is 1.39. The number of amides is 1. The van der Waals surface area contributed by atoms with Crippen molar-refractivity contribution in [3.8, 4) is 0 Å². The maximum Gasteiger partial charge on any atom is 0.319 e. The Bertz CT molecular complexity index is 1140. The quantitative estimate of drug-likeness (QED) is 0.430. The predicted octanol–water partition coefficient (Wildman–Crippen LogP) is 5.72. The summed E-state index contributed by atoms with van der Waals surface area (Å²) < 4.78 is 18.3. The molecule has 2 aliphatic rings. The summed E-state index contributed by atoms with van der Waals surface area (Å²) in [5.41, 5.74) is 1.46. The number of piperazine rings is 1. The van der Waals surface area contributed by atoms with Gasteiger partial charge in [0.25, 0.3) is 5.91 Å². The fraction of sp³-hybridized carbons (Fsp3) is 0.481. The molecule has 1 unspecified atom stereocenters. The third-order valence-electron chi connectivity index (χ3n) is 7.19. The number of rotatable bonds is 6. The number of halogens is 2. The van der Waals surface area contributed by atoms with Gasteiger partial charge in [-0.2, -0.15) is 0 Å². The summed E-state index contributed by atoms with van der Waals surface area (Å²) in [5.74, 6) is -0.850. The van der Waals surface area contributed by atoms with Crippen LogP contribution in [0.15, 0.2) is 47.4 Å². The van der Waals surface area contributed by atoms with Gasteiger partial charge in [-0.05, 0) is 75.9 Å². The number of hydrogen-bond acceptors (Lipinski definition) is 5. The lowest BCUT2D eigenvalue weighted by Crippen LogP contribution is -2.59. The van der Waals surface area contributed by atoms with Crippen LogP contribution in [-0.2, 0) is 20.3 Å². The molecular formula is C27H32Cl2N2O4S. The van der Waals surface area contributed by atoms with Crippen molar-refractivity contribution in [2.45, 2.75) is 69.0 Å². The molecule has 2 aromatic carbocycles. The summed E-state index contributed by atoms with van der Waals surface area (Å²) in [6.07, 6.45) is 4.91. The van der Waals surface area contributed by atoms with Gasteiger partial charge in [-0.1, -0.05) is 35.7 Å². The molecule has 4 rings (SSSR count). The van der Waals surface area contributed by atoms with E-state index in [0.717, 1.165) is 37.8 Å². The minimum atomic E-state index is -1.65. The van der Waals surface area contributed by atoms with E-state index in [2.05, 4.69) is 11.8 Å². The van der Waals surface area contributed by atoms with Crippen LogP contribution in [0.5, 0.6) is 0 Å². The molecule has 1 amide bonds. The van der Waals surface area contributed by atoms with Crippen LogP contribution in [0.25, 0.3) is 0 Å². The van der Waals surface area contributed by atoms with Gasteiger partial charge in [-0.3, -0.25) is 13.8 Å². The molecule has 0 bridgehead atoms. The van der Waals surface area contributed by atoms with Gasteiger partial charge in [0, 0.05) is 41.4 Å². The largest absolute Gasteiger partial charge is 0.462 e. The third kappa shape index (κ3) is 6.24. The average molecular weight is 552 g/mol. The Morgan fingerprint density at radius 3 is 2.44 bits per heavy atom. The number of nitrogens with zero attached hydrogens (tertiary/aromatic N) is 2. The van der Waals surface area contributed by atoms with E-state index < -0.39 is 16.8 Å². The Hall–Kier alpha value is -2.09. The van der Waals surface area contributed by atoms with E-state index in [-0.39, 0.29) is 34.9 Å². The molecule has 9 heteroatoms. The van der Waals surface area contributed by atoms with Gasteiger partial charge >= 0.3 is 5.97 Å². The summed E-state index contributed by atoms with van der Waals surface area (Å²) >= 11 is 12.6. The minimum absolute atomic E-state index is 0.0487. The molecule has 3 atom stereocenters. The first-order valence-electron chi connectivity index (χ1n) is 12.4.